The van der Waals surface area contributed by atoms with Gasteiger partial charge < -0.3 is 5.32 Å². The van der Waals surface area contributed by atoms with Crippen LogP contribution in [0.4, 0.5) is 19.0 Å². The molecule has 0 unspecified atom stereocenters. The van der Waals surface area contributed by atoms with Crippen molar-refractivity contribution < 1.29 is 21.6 Å². The summed E-state index contributed by atoms with van der Waals surface area (Å²) in [5, 5.41) is 2.88. The zero-order chi connectivity index (χ0) is 21.5. The molecule has 0 saturated heterocycles. The van der Waals surface area contributed by atoms with Gasteiger partial charge in [0.1, 0.15) is 10.3 Å². The van der Waals surface area contributed by atoms with Crippen molar-refractivity contribution in [2.24, 2.45) is 0 Å². The highest BCUT2D eigenvalue weighted by Crippen LogP contribution is 2.35. The van der Waals surface area contributed by atoms with Crippen LogP contribution in [0.5, 0.6) is 0 Å². The van der Waals surface area contributed by atoms with Gasteiger partial charge in [-0.2, -0.15) is 13.2 Å². The third kappa shape index (κ3) is 3.73. The lowest BCUT2D eigenvalue weighted by molar-refractivity contribution is -0.0447. The summed E-state index contributed by atoms with van der Waals surface area (Å²) in [6.07, 6.45) is 1.68. The van der Waals surface area contributed by atoms with E-state index in [2.05, 4.69) is 15.3 Å². The lowest BCUT2D eigenvalue weighted by Gasteiger charge is -2.11. The minimum absolute atomic E-state index is 0.0922. The van der Waals surface area contributed by atoms with E-state index in [4.69, 9.17) is 0 Å². The quantitative estimate of drug-likeness (QED) is 0.432. The molecule has 158 valence electrons. The number of hydrogen-bond acceptors (Lipinski definition) is 6. The van der Waals surface area contributed by atoms with E-state index >= 15 is 0 Å². The Hall–Kier alpha value is -2.70. The molecule has 30 heavy (non-hydrogen) atoms. The van der Waals surface area contributed by atoms with Crippen LogP contribution in [0, 0.1) is 6.92 Å². The number of imidazole rings is 1. The fourth-order valence-corrected chi connectivity index (χ4v) is 4.65. The van der Waals surface area contributed by atoms with Gasteiger partial charge >= 0.3 is 15.5 Å². The van der Waals surface area contributed by atoms with E-state index in [-0.39, 0.29) is 6.54 Å². The normalized spacial score (nSPS) is 12.7. The van der Waals surface area contributed by atoms with E-state index in [1.807, 2.05) is 47.7 Å². The largest absolute Gasteiger partial charge is 0.511 e. The van der Waals surface area contributed by atoms with E-state index in [0.29, 0.717) is 17.0 Å². The second kappa shape index (κ2) is 7.52. The van der Waals surface area contributed by atoms with Crippen LogP contribution in [0.1, 0.15) is 5.69 Å². The van der Waals surface area contributed by atoms with Gasteiger partial charge in [-0.3, -0.25) is 4.40 Å². The van der Waals surface area contributed by atoms with Crippen LogP contribution in [0.2, 0.25) is 0 Å². The summed E-state index contributed by atoms with van der Waals surface area (Å²) in [6.45, 7) is 1.35. The molecule has 0 saturated carbocycles. The van der Waals surface area contributed by atoms with Crippen LogP contribution >= 0.6 is 11.3 Å². The molecule has 4 rings (SSSR count). The van der Waals surface area contributed by atoms with Crippen molar-refractivity contribution in [1.29, 1.82) is 0 Å². The number of alkyl halides is 3. The Kier molecular flexibility index (Phi) is 5.16. The highest BCUT2D eigenvalue weighted by Gasteiger charge is 2.45. The van der Waals surface area contributed by atoms with E-state index in [0.717, 1.165) is 21.0 Å². The second-order valence-corrected chi connectivity index (χ2v) is 9.25. The third-order valence-corrected chi connectivity index (χ3v) is 6.70. The molecule has 4 aromatic rings. The number of benzene rings is 1. The van der Waals surface area contributed by atoms with Crippen molar-refractivity contribution in [3.8, 4) is 10.4 Å². The molecular weight excluding hydrogens is 439 g/mol. The number of sulfonamides is 1. The molecule has 3 aromatic heterocycles. The maximum atomic E-state index is 12.4. The minimum atomic E-state index is -5.38. The van der Waals surface area contributed by atoms with Gasteiger partial charge in [-0.05, 0) is 18.6 Å². The number of nitrogens with zero attached hydrogens (tertiary/aromatic N) is 3. The number of aryl methyl sites for hydroxylation is 1. The molecule has 0 amide bonds. The molecule has 0 aliphatic rings. The number of nitrogens with one attached hydrogen (secondary N) is 2. The smallest absolute Gasteiger partial charge is 0.366 e. The maximum Gasteiger partial charge on any atom is 0.511 e. The van der Waals surface area contributed by atoms with Crippen LogP contribution in [0.25, 0.3) is 26.4 Å². The third-order valence-electron chi connectivity index (χ3n) is 4.35. The number of fused-ring (bicyclic) bond motifs is 3. The molecular formula is C18H16F3N5O2S2. The SMILES string of the molecule is Cc1cnc2c(NCCNS(=O)(=O)C(F)(F)F)nc3cc(-c4ccccc4)sc3n12. The van der Waals surface area contributed by atoms with Crippen molar-refractivity contribution in [3.63, 3.8) is 0 Å². The number of thiophene rings is 1. The molecule has 0 atom stereocenters. The van der Waals surface area contributed by atoms with Gasteiger partial charge in [0.25, 0.3) is 0 Å². The Morgan fingerprint density at radius 2 is 1.90 bits per heavy atom. The fraction of sp³-hybridized carbons (Fsp3) is 0.222. The number of anilines is 1. The van der Waals surface area contributed by atoms with Crippen molar-refractivity contribution in [2.45, 2.75) is 12.4 Å². The molecule has 0 aliphatic carbocycles. The van der Waals surface area contributed by atoms with Gasteiger partial charge in [-0.1, -0.05) is 30.3 Å². The average Bonchev–Trinajstić information content (AvgIpc) is 3.28. The molecule has 0 spiro atoms. The molecule has 0 bridgehead atoms. The monoisotopic (exact) mass is 455 g/mol. The molecule has 0 fully saturated rings. The van der Waals surface area contributed by atoms with Gasteiger partial charge in [-0.25, -0.2) is 23.1 Å². The molecule has 12 heteroatoms. The first kappa shape index (κ1) is 20.6. The first-order valence-corrected chi connectivity index (χ1v) is 11.1. The van der Waals surface area contributed by atoms with Gasteiger partial charge in [0.05, 0.1) is 0 Å². The van der Waals surface area contributed by atoms with E-state index in [9.17, 15) is 21.6 Å². The van der Waals surface area contributed by atoms with Gasteiger partial charge in [0.2, 0.25) is 0 Å². The lowest BCUT2D eigenvalue weighted by Crippen LogP contribution is -2.38. The number of hydrogen-bond donors (Lipinski definition) is 2. The summed E-state index contributed by atoms with van der Waals surface area (Å²) in [5.74, 6) is 0.360. The standard InChI is InChI=1S/C18H16F3N5O2S2/c1-11-10-23-16-15(22-7-8-24-30(27,28)18(19,20)21)25-13-9-14(29-17(13)26(11)16)12-5-3-2-4-6-12/h2-6,9-10,24H,7-8H2,1H3,(H,22,25). The van der Waals surface area contributed by atoms with Crippen molar-refractivity contribution in [3.05, 3.63) is 48.3 Å². The summed E-state index contributed by atoms with van der Waals surface area (Å²) in [4.78, 5) is 10.8. The zero-order valence-electron chi connectivity index (χ0n) is 15.6. The second-order valence-electron chi connectivity index (χ2n) is 6.46. The first-order valence-electron chi connectivity index (χ1n) is 8.80. The summed E-state index contributed by atoms with van der Waals surface area (Å²) in [5.41, 5.74) is -2.21. The van der Waals surface area contributed by atoms with E-state index < -0.39 is 22.1 Å². The Labute approximate surface area is 173 Å². The minimum Gasteiger partial charge on any atom is -0.366 e. The van der Waals surface area contributed by atoms with Crippen molar-refractivity contribution in [2.75, 3.05) is 18.4 Å². The van der Waals surface area contributed by atoms with Crippen LogP contribution in [-0.2, 0) is 10.0 Å². The Bertz CT molecular complexity index is 1310. The van der Waals surface area contributed by atoms with Crippen molar-refractivity contribution in [1.82, 2.24) is 19.1 Å². The van der Waals surface area contributed by atoms with E-state index in [1.165, 1.54) is 4.72 Å². The molecule has 7 nitrogen and oxygen atoms in total. The Morgan fingerprint density at radius 3 is 2.60 bits per heavy atom. The van der Waals surface area contributed by atoms with Gasteiger partial charge in [-0.15, -0.1) is 11.3 Å². The average molecular weight is 455 g/mol. The zero-order valence-corrected chi connectivity index (χ0v) is 17.2. The number of halogens is 3. The molecule has 3 heterocycles. The Balaban J connectivity index is 1.64. The topological polar surface area (TPSA) is 88.4 Å². The van der Waals surface area contributed by atoms with Gasteiger partial charge in [0.15, 0.2) is 11.5 Å². The summed E-state index contributed by atoms with van der Waals surface area (Å²) in [7, 11) is -5.38. The summed E-state index contributed by atoms with van der Waals surface area (Å²) < 4.78 is 62.9. The maximum absolute atomic E-state index is 12.4. The lowest BCUT2D eigenvalue weighted by atomic mass is 10.2. The predicted molar refractivity (Wildman–Crippen MR) is 110 cm³/mol. The van der Waals surface area contributed by atoms with Crippen LogP contribution < -0.4 is 10.0 Å². The number of rotatable bonds is 6. The highest BCUT2D eigenvalue weighted by molar-refractivity contribution is 7.90. The molecule has 1 aromatic carbocycles. The van der Waals surface area contributed by atoms with Crippen LogP contribution in [0.3, 0.4) is 0 Å². The van der Waals surface area contributed by atoms with Gasteiger partial charge in [0, 0.05) is 29.9 Å². The van der Waals surface area contributed by atoms with Crippen molar-refractivity contribution >= 4 is 43.2 Å². The summed E-state index contributed by atoms with van der Waals surface area (Å²) >= 11 is 1.56. The summed E-state index contributed by atoms with van der Waals surface area (Å²) in [6, 6.07) is 11.7. The van der Waals surface area contributed by atoms with Crippen LogP contribution in [-0.4, -0.2) is 41.4 Å². The highest BCUT2D eigenvalue weighted by atomic mass is 32.2. The predicted octanol–water partition coefficient (Wildman–Crippen LogP) is 3.77. The number of aromatic nitrogens is 3. The Morgan fingerprint density at radius 1 is 1.17 bits per heavy atom. The molecule has 0 radical (unpaired) electrons. The molecule has 2 N–H and O–H groups in total. The fourth-order valence-electron chi connectivity index (χ4n) is 2.95. The molecule has 0 aliphatic heterocycles. The van der Waals surface area contributed by atoms with Crippen LogP contribution in [0.15, 0.2) is 42.6 Å². The first-order chi connectivity index (χ1) is 14.2. The van der Waals surface area contributed by atoms with E-state index in [1.54, 1.807) is 17.5 Å².